The minimum atomic E-state index is -0.699. The van der Waals surface area contributed by atoms with Gasteiger partial charge in [-0.1, -0.05) is 20.8 Å². The molecule has 1 atom stereocenters. The Kier molecular flexibility index (Phi) is 5.70. The van der Waals surface area contributed by atoms with Gasteiger partial charge in [-0.05, 0) is 66.5 Å². The molecule has 0 spiro atoms. The van der Waals surface area contributed by atoms with Crippen molar-refractivity contribution < 1.29 is 14.6 Å². The van der Waals surface area contributed by atoms with E-state index in [1.807, 2.05) is 6.07 Å². The average molecular weight is 351 g/mol. The molecule has 0 aliphatic rings. The molecule has 0 saturated carbocycles. The molecule has 0 aliphatic carbocycles. The van der Waals surface area contributed by atoms with Crippen molar-refractivity contribution in [1.82, 2.24) is 4.98 Å². The fourth-order valence-corrected chi connectivity index (χ4v) is 3.34. The Labute approximate surface area is 146 Å². The molecule has 1 heterocycles. The molecule has 4 nitrogen and oxygen atoms in total. The molecule has 23 heavy (non-hydrogen) atoms. The van der Waals surface area contributed by atoms with Gasteiger partial charge < -0.3 is 14.6 Å². The van der Waals surface area contributed by atoms with Crippen LogP contribution in [0.15, 0.2) is 10.5 Å². The molecule has 0 amide bonds. The van der Waals surface area contributed by atoms with Crippen LogP contribution in [0.3, 0.4) is 0 Å². The average Bonchev–Trinajstić information content (AvgIpc) is 2.93. The minimum absolute atomic E-state index is 0.0280. The van der Waals surface area contributed by atoms with Crippen molar-refractivity contribution in [3.63, 3.8) is 0 Å². The van der Waals surface area contributed by atoms with Crippen LogP contribution in [0.25, 0.3) is 11.1 Å². The number of oxazole rings is 1. The largest absolute Gasteiger partial charge is 0.502 e. The van der Waals surface area contributed by atoms with E-state index in [0.717, 1.165) is 24.8 Å². The number of nitrogens with zero attached hydrogens (tertiary/aromatic N) is 1. The molecule has 1 aromatic heterocycles. The van der Waals surface area contributed by atoms with Gasteiger partial charge in [-0.2, -0.15) is 0 Å². The summed E-state index contributed by atoms with van der Waals surface area (Å²) in [6, 6.07) is 2.01. The molecule has 0 saturated heterocycles. The molecule has 0 bridgehead atoms. The van der Waals surface area contributed by atoms with Crippen molar-refractivity contribution in [3.8, 4) is 0 Å². The number of benzene rings is 1. The number of aliphatic hydroxyl groups excluding tert-OH is 2. The van der Waals surface area contributed by atoms with Crippen molar-refractivity contribution in [2.75, 3.05) is 0 Å². The van der Waals surface area contributed by atoms with E-state index < -0.39 is 5.92 Å². The Morgan fingerprint density at radius 3 is 2.26 bits per heavy atom. The van der Waals surface area contributed by atoms with E-state index >= 15 is 0 Å². The summed E-state index contributed by atoms with van der Waals surface area (Å²) in [4.78, 5) is 4.56. The summed E-state index contributed by atoms with van der Waals surface area (Å²) < 4.78 is 5.85. The standard InChI is InChI=1S/C17H21NO3S2/c1-4-9-7-13-15(11(6-3)10(9)5-2)18-16(21-13)12(17(20)23)8-14(19)22/h7,12H,4-6,8H2,1-3H3,(H,19,22)(H,20,23). The Morgan fingerprint density at radius 1 is 1.13 bits per heavy atom. The van der Waals surface area contributed by atoms with E-state index in [2.05, 4.69) is 25.8 Å². The summed E-state index contributed by atoms with van der Waals surface area (Å²) >= 11 is 9.58. The van der Waals surface area contributed by atoms with Gasteiger partial charge in [0.1, 0.15) is 11.4 Å². The highest BCUT2D eigenvalue weighted by molar-refractivity contribution is 7.80. The molecular formula is C17H21NO3S2. The summed E-state index contributed by atoms with van der Waals surface area (Å²) in [6.45, 7) is 6.35. The third-order valence-electron chi connectivity index (χ3n) is 4.08. The van der Waals surface area contributed by atoms with Gasteiger partial charge in [0.25, 0.3) is 0 Å². The van der Waals surface area contributed by atoms with Crippen LogP contribution in [-0.2, 0) is 19.3 Å². The van der Waals surface area contributed by atoms with Gasteiger partial charge in [-0.25, -0.2) is 4.98 Å². The lowest BCUT2D eigenvalue weighted by molar-refractivity contribution is 0.459. The first-order chi connectivity index (χ1) is 10.9. The molecule has 0 radical (unpaired) electrons. The molecule has 1 aromatic carbocycles. The summed E-state index contributed by atoms with van der Waals surface area (Å²) in [5, 5.41) is 18.6. The molecule has 2 rings (SSSR count). The lowest BCUT2D eigenvalue weighted by atomic mass is 9.94. The number of rotatable bonds is 7. The summed E-state index contributed by atoms with van der Waals surface area (Å²) in [5.74, 6) is -0.399. The summed E-state index contributed by atoms with van der Waals surface area (Å²) in [6.07, 6.45) is 2.74. The second kappa shape index (κ2) is 7.36. The maximum Gasteiger partial charge on any atom is 0.207 e. The van der Waals surface area contributed by atoms with Crippen LogP contribution in [0.2, 0.25) is 0 Å². The Balaban J connectivity index is 2.65. The smallest absolute Gasteiger partial charge is 0.207 e. The van der Waals surface area contributed by atoms with E-state index in [1.165, 1.54) is 16.7 Å². The lowest BCUT2D eigenvalue weighted by Crippen LogP contribution is -2.13. The number of thiocarbonyl (C=S) groups is 2. The fourth-order valence-electron chi connectivity index (χ4n) is 2.99. The van der Waals surface area contributed by atoms with E-state index in [9.17, 15) is 10.2 Å². The van der Waals surface area contributed by atoms with Gasteiger partial charge in [-0.3, -0.25) is 0 Å². The van der Waals surface area contributed by atoms with Gasteiger partial charge >= 0.3 is 0 Å². The van der Waals surface area contributed by atoms with Crippen LogP contribution in [0.1, 0.15) is 55.7 Å². The maximum atomic E-state index is 9.73. The third-order valence-corrected chi connectivity index (χ3v) is 4.53. The second-order valence-electron chi connectivity index (χ2n) is 5.44. The molecule has 2 N–H and O–H groups in total. The van der Waals surface area contributed by atoms with Crippen LogP contribution in [0.4, 0.5) is 0 Å². The Hall–Kier alpha value is -1.53. The molecule has 0 aliphatic heterocycles. The number of hydrogen-bond acceptors (Lipinski definition) is 4. The summed E-state index contributed by atoms with van der Waals surface area (Å²) in [7, 11) is 0. The predicted octanol–water partition coefficient (Wildman–Crippen LogP) is 4.76. The number of fused-ring (bicyclic) bond motifs is 1. The monoisotopic (exact) mass is 351 g/mol. The minimum Gasteiger partial charge on any atom is -0.502 e. The molecule has 1 unspecified atom stereocenters. The topological polar surface area (TPSA) is 66.5 Å². The number of aromatic nitrogens is 1. The van der Waals surface area contributed by atoms with Gasteiger partial charge in [0, 0.05) is 6.42 Å². The van der Waals surface area contributed by atoms with E-state index in [1.54, 1.807) is 0 Å². The molecular weight excluding hydrogens is 330 g/mol. The molecule has 124 valence electrons. The number of aliphatic hydroxyl groups is 2. The molecule has 2 aromatic rings. The quantitative estimate of drug-likeness (QED) is 0.701. The van der Waals surface area contributed by atoms with Crippen LogP contribution in [-0.4, -0.2) is 25.3 Å². The number of hydrogen-bond donors (Lipinski definition) is 2. The van der Waals surface area contributed by atoms with Crippen molar-refractivity contribution >= 4 is 45.6 Å². The van der Waals surface area contributed by atoms with Gasteiger partial charge in [0.2, 0.25) is 5.89 Å². The van der Waals surface area contributed by atoms with Crippen molar-refractivity contribution in [2.45, 2.75) is 52.4 Å². The van der Waals surface area contributed by atoms with Gasteiger partial charge in [0.05, 0.1) is 0 Å². The maximum absolute atomic E-state index is 9.73. The fraction of sp³-hybridized carbons (Fsp3) is 0.471. The first kappa shape index (κ1) is 17.8. The number of aryl methyl sites for hydroxylation is 2. The van der Waals surface area contributed by atoms with Crippen LogP contribution in [0, 0.1) is 0 Å². The van der Waals surface area contributed by atoms with Crippen molar-refractivity contribution in [1.29, 1.82) is 0 Å². The van der Waals surface area contributed by atoms with Crippen LogP contribution in [0.5, 0.6) is 0 Å². The van der Waals surface area contributed by atoms with Crippen LogP contribution >= 0.6 is 24.4 Å². The SMILES string of the molecule is CCc1cc2oc(C(CC(O)=S)C(O)=S)nc2c(CC)c1CC. The zero-order chi connectivity index (χ0) is 17.1. The zero-order valence-electron chi connectivity index (χ0n) is 13.5. The zero-order valence-corrected chi connectivity index (χ0v) is 15.2. The second-order valence-corrected chi connectivity index (χ2v) is 6.33. The third kappa shape index (κ3) is 3.53. The molecule has 0 fully saturated rings. The van der Waals surface area contributed by atoms with Crippen molar-refractivity contribution in [2.24, 2.45) is 0 Å². The van der Waals surface area contributed by atoms with E-state index in [-0.39, 0.29) is 16.5 Å². The van der Waals surface area contributed by atoms with E-state index in [4.69, 9.17) is 28.9 Å². The Bertz CT molecular complexity index is 752. The van der Waals surface area contributed by atoms with Gasteiger partial charge in [-0.15, -0.1) is 0 Å². The first-order valence-corrected chi connectivity index (χ1v) is 8.63. The Morgan fingerprint density at radius 2 is 1.78 bits per heavy atom. The lowest BCUT2D eigenvalue weighted by Gasteiger charge is -2.11. The highest BCUT2D eigenvalue weighted by atomic mass is 32.1. The highest BCUT2D eigenvalue weighted by Gasteiger charge is 2.25. The first-order valence-electron chi connectivity index (χ1n) is 7.81. The van der Waals surface area contributed by atoms with E-state index in [0.29, 0.717) is 11.5 Å². The predicted molar refractivity (Wildman–Crippen MR) is 100.0 cm³/mol. The highest BCUT2D eigenvalue weighted by Crippen LogP contribution is 2.31. The van der Waals surface area contributed by atoms with Crippen molar-refractivity contribution in [3.05, 3.63) is 28.6 Å². The van der Waals surface area contributed by atoms with Gasteiger partial charge in [0.15, 0.2) is 15.7 Å². The normalized spacial score (nSPS) is 12.5. The summed E-state index contributed by atoms with van der Waals surface area (Å²) in [5.41, 5.74) is 5.23. The molecule has 6 heteroatoms. The van der Waals surface area contributed by atoms with Crippen LogP contribution < -0.4 is 0 Å².